The number of aryl methyl sites for hydroxylation is 2. The molecule has 120 valence electrons. The van der Waals surface area contributed by atoms with E-state index in [4.69, 9.17) is 10.3 Å². The molecule has 2 aromatic heterocycles. The number of aromatic hydroxyl groups is 1. The largest absolute Gasteiger partial charge is 0.508 e. The molecule has 0 aliphatic carbocycles. The minimum atomic E-state index is 0.224. The van der Waals surface area contributed by atoms with Crippen molar-refractivity contribution in [2.75, 3.05) is 5.73 Å². The SMILES string of the molecule is Cc1noc(C)c1-c1c(N)c2ccccc2n1-c1ccc(O)cc1. The monoisotopic (exact) mass is 319 g/mol. The number of para-hydroxylation sites is 1. The van der Waals surface area contributed by atoms with E-state index >= 15 is 0 Å². The molecule has 2 aromatic carbocycles. The van der Waals surface area contributed by atoms with Crippen molar-refractivity contribution in [3.05, 3.63) is 60.0 Å². The first-order valence-corrected chi connectivity index (χ1v) is 7.69. The van der Waals surface area contributed by atoms with Crippen LogP contribution in [0.15, 0.2) is 53.1 Å². The summed E-state index contributed by atoms with van der Waals surface area (Å²) in [6.07, 6.45) is 0. The van der Waals surface area contributed by atoms with Crippen molar-refractivity contribution >= 4 is 16.6 Å². The van der Waals surface area contributed by atoms with Gasteiger partial charge in [-0.3, -0.25) is 0 Å². The van der Waals surface area contributed by atoms with E-state index in [1.807, 2.05) is 50.2 Å². The molecule has 0 radical (unpaired) electrons. The Hall–Kier alpha value is -3.21. The van der Waals surface area contributed by atoms with Gasteiger partial charge in [0.25, 0.3) is 0 Å². The summed E-state index contributed by atoms with van der Waals surface area (Å²) in [6.45, 7) is 3.79. The zero-order valence-corrected chi connectivity index (χ0v) is 13.4. The third kappa shape index (κ3) is 1.98. The zero-order valence-electron chi connectivity index (χ0n) is 13.4. The van der Waals surface area contributed by atoms with E-state index in [0.29, 0.717) is 5.69 Å². The van der Waals surface area contributed by atoms with Crippen molar-refractivity contribution in [1.29, 1.82) is 0 Å². The Labute approximate surface area is 138 Å². The predicted octanol–water partition coefficient (Wildman–Crippen LogP) is 4.19. The summed E-state index contributed by atoms with van der Waals surface area (Å²) in [4.78, 5) is 0. The third-order valence-corrected chi connectivity index (χ3v) is 4.29. The molecular weight excluding hydrogens is 302 g/mol. The van der Waals surface area contributed by atoms with Gasteiger partial charge in [-0.2, -0.15) is 0 Å². The lowest BCUT2D eigenvalue weighted by Crippen LogP contribution is -1.99. The summed E-state index contributed by atoms with van der Waals surface area (Å²) in [5, 5.41) is 14.6. The highest BCUT2D eigenvalue weighted by atomic mass is 16.5. The molecule has 0 atom stereocenters. The van der Waals surface area contributed by atoms with Gasteiger partial charge in [-0.1, -0.05) is 23.4 Å². The van der Waals surface area contributed by atoms with Crippen molar-refractivity contribution in [3.63, 3.8) is 0 Å². The Morgan fingerprint density at radius 3 is 2.42 bits per heavy atom. The number of phenolic OH excluding ortho intramolecular Hbond substituents is 1. The van der Waals surface area contributed by atoms with Gasteiger partial charge < -0.3 is 19.9 Å². The maximum Gasteiger partial charge on any atom is 0.143 e. The second-order valence-corrected chi connectivity index (χ2v) is 5.83. The molecule has 0 saturated carbocycles. The lowest BCUT2D eigenvalue weighted by molar-refractivity contribution is 0.393. The molecule has 0 unspecified atom stereocenters. The Kier molecular flexibility index (Phi) is 3.09. The van der Waals surface area contributed by atoms with Gasteiger partial charge in [0.15, 0.2) is 0 Å². The van der Waals surface area contributed by atoms with Crippen LogP contribution >= 0.6 is 0 Å². The molecule has 0 amide bonds. The number of hydrogen-bond acceptors (Lipinski definition) is 4. The van der Waals surface area contributed by atoms with Crippen LogP contribution in [-0.2, 0) is 0 Å². The smallest absolute Gasteiger partial charge is 0.143 e. The summed E-state index contributed by atoms with van der Waals surface area (Å²) in [5.74, 6) is 0.948. The van der Waals surface area contributed by atoms with Crippen LogP contribution in [-0.4, -0.2) is 14.8 Å². The van der Waals surface area contributed by atoms with Crippen LogP contribution in [0.4, 0.5) is 5.69 Å². The number of fused-ring (bicyclic) bond motifs is 1. The van der Waals surface area contributed by atoms with Crippen molar-refractivity contribution in [2.24, 2.45) is 0 Å². The van der Waals surface area contributed by atoms with Crippen LogP contribution in [0.1, 0.15) is 11.5 Å². The van der Waals surface area contributed by atoms with Crippen LogP contribution in [0.25, 0.3) is 27.8 Å². The highest BCUT2D eigenvalue weighted by molar-refractivity contribution is 6.02. The topological polar surface area (TPSA) is 77.2 Å². The van der Waals surface area contributed by atoms with Gasteiger partial charge in [0, 0.05) is 11.1 Å². The van der Waals surface area contributed by atoms with Crippen LogP contribution in [0.5, 0.6) is 5.75 Å². The maximum absolute atomic E-state index is 9.60. The van der Waals surface area contributed by atoms with Crippen molar-refractivity contribution in [1.82, 2.24) is 9.72 Å². The molecule has 4 rings (SSSR count). The number of benzene rings is 2. The molecule has 0 fully saturated rings. The molecule has 5 nitrogen and oxygen atoms in total. The summed E-state index contributed by atoms with van der Waals surface area (Å²) in [7, 11) is 0. The highest BCUT2D eigenvalue weighted by Gasteiger charge is 2.23. The fraction of sp³-hybridized carbons (Fsp3) is 0.105. The first-order chi connectivity index (χ1) is 11.6. The number of hydrogen-bond donors (Lipinski definition) is 2. The third-order valence-electron chi connectivity index (χ3n) is 4.29. The molecule has 5 heteroatoms. The lowest BCUT2D eigenvalue weighted by atomic mass is 10.1. The van der Waals surface area contributed by atoms with Crippen LogP contribution in [0.3, 0.4) is 0 Å². The molecular formula is C19H17N3O2. The maximum atomic E-state index is 9.60. The average Bonchev–Trinajstić information content (AvgIpc) is 3.06. The number of rotatable bonds is 2. The van der Waals surface area contributed by atoms with E-state index in [1.54, 1.807) is 12.1 Å². The Bertz CT molecular complexity index is 1020. The lowest BCUT2D eigenvalue weighted by Gasteiger charge is -2.11. The van der Waals surface area contributed by atoms with Crippen molar-refractivity contribution in [2.45, 2.75) is 13.8 Å². The van der Waals surface area contributed by atoms with Gasteiger partial charge in [0.05, 0.1) is 28.2 Å². The minimum absolute atomic E-state index is 0.224. The number of nitrogens with two attached hydrogens (primary N) is 1. The van der Waals surface area contributed by atoms with E-state index in [2.05, 4.69) is 9.72 Å². The fourth-order valence-electron chi connectivity index (χ4n) is 3.20. The molecule has 3 N–H and O–H groups in total. The van der Waals surface area contributed by atoms with E-state index in [-0.39, 0.29) is 5.75 Å². The first-order valence-electron chi connectivity index (χ1n) is 7.69. The Morgan fingerprint density at radius 1 is 1.04 bits per heavy atom. The standard InChI is InChI=1S/C19H17N3O2/c1-11-17(12(2)24-21-11)19-18(20)15-5-3-4-6-16(15)22(19)13-7-9-14(23)10-8-13/h3-10,23H,20H2,1-2H3. The summed E-state index contributed by atoms with van der Waals surface area (Å²) >= 11 is 0. The number of aromatic nitrogens is 2. The van der Waals surface area contributed by atoms with Crippen LogP contribution in [0, 0.1) is 13.8 Å². The molecule has 0 aliphatic rings. The average molecular weight is 319 g/mol. The molecule has 2 heterocycles. The van der Waals surface area contributed by atoms with Gasteiger partial charge in [0.1, 0.15) is 11.5 Å². The summed E-state index contributed by atoms with van der Waals surface area (Å²) < 4.78 is 7.43. The minimum Gasteiger partial charge on any atom is -0.508 e. The second kappa shape index (κ2) is 5.16. The van der Waals surface area contributed by atoms with Gasteiger partial charge in [-0.05, 0) is 44.2 Å². The normalized spacial score (nSPS) is 11.2. The zero-order chi connectivity index (χ0) is 16.8. The quantitative estimate of drug-likeness (QED) is 0.581. The van der Waals surface area contributed by atoms with Crippen LogP contribution < -0.4 is 5.73 Å². The first kappa shape index (κ1) is 14.4. The van der Waals surface area contributed by atoms with Gasteiger partial charge in [0.2, 0.25) is 0 Å². The van der Waals surface area contributed by atoms with Gasteiger partial charge in [-0.25, -0.2) is 0 Å². The molecule has 24 heavy (non-hydrogen) atoms. The Morgan fingerprint density at radius 2 is 1.75 bits per heavy atom. The van der Waals surface area contributed by atoms with Crippen molar-refractivity contribution in [3.8, 4) is 22.7 Å². The number of nitrogens with zero attached hydrogens (tertiary/aromatic N) is 2. The van der Waals surface area contributed by atoms with Gasteiger partial charge >= 0.3 is 0 Å². The fourth-order valence-corrected chi connectivity index (χ4v) is 3.20. The van der Waals surface area contributed by atoms with Crippen molar-refractivity contribution < 1.29 is 9.63 Å². The summed E-state index contributed by atoms with van der Waals surface area (Å²) in [5.41, 5.74) is 11.6. The van der Waals surface area contributed by atoms with E-state index < -0.39 is 0 Å². The number of phenols is 1. The van der Waals surface area contributed by atoms with E-state index in [0.717, 1.165) is 39.3 Å². The molecule has 0 saturated heterocycles. The summed E-state index contributed by atoms with van der Waals surface area (Å²) in [6, 6.07) is 15.0. The van der Waals surface area contributed by atoms with Crippen LogP contribution in [0.2, 0.25) is 0 Å². The second-order valence-electron chi connectivity index (χ2n) is 5.83. The predicted molar refractivity (Wildman–Crippen MR) is 94.3 cm³/mol. The molecule has 0 aliphatic heterocycles. The Balaban J connectivity index is 2.15. The van der Waals surface area contributed by atoms with Gasteiger partial charge in [-0.15, -0.1) is 0 Å². The van der Waals surface area contributed by atoms with E-state index in [9.17, 15) is 5.11 Å². The highest BCUT2D eigenvalue weighted by Crippen LogP contribution is 2.40. The molecule has 0 bridgehead atoms. The number of anilines is 1. The number of nitrogen functional groups attached to an aromatic ring is 1. The van der Waals surface area contributed by atoms with E-state index in [1.165, 1.54) is 0 Å². The molecule has 0 spiro atoms. The molecule has 4 aromatic rings.